The minimum atomic E-state index is -4.40. The van der Waals surface area contributed by atoms with Crippen LogP contribution in [-0.2, 0) is 32.7 Å². The molecular weight excluding hydrogens is 882 g/mol. The Morgan fingerprint density at radius 3 is 1.12 bits per heavy atom. The minimum Gasteiger partial charge on any atom is -0.462 e. The highest BCUT2D eigenvalue weighted by atomic mass is 31.2. The predicted octanol–water partition coefficient (Wildman–Crippen LogP) is 16.6. The van der Waals surface area contributed by atoms with E-state index in [0.29, 0.717) is 12.8 Å². The van der Waals surface area contributed by atoms with Crippen molar-refractivity contribution in [3.63, 3.8) is 0 Å². The third-order valence-electron chi connectivity index (χ3n) is 10.5. The standard InChI is InChI=1S/C59H96NO8P/c1-3-5-7-9-11-13-15-17-19-21-23-25-26-27-28-29-30-32-34-36-38-40-42-44-46-48-50-52-59(62)68-57(56-67-69(63,64)66-54-53-60)55-65-58(61)51-49-47-45-43-41-39-37-35-33-31-24-22-20-18-16-14-12-10-8-6-4-2/h5-8,11-14,17-20,23-25,27-28,30-32,36,38,57H,3-4,9-10,15-16,21-22,26,29,33-35,37,39-56,60H2,1-2H3,(H,63,64)/b7-5-,8-6-,13-11-,14-12-,19-17-,20-18-,25-23-,28-27-,31-24-,32-30-,38-36-. The van der Waals surface area contributed by atoms with Gasteiger partial charge in [0.2, 0.25) is 0 Å². The Morgan fingerprint density at radius 1 is 0.435 bits per heavy atom. The fourth-order valence-corrected chi connectivity index (χ4v) is 7.43. The first kappa shape index (κ1) is 65.1. The van der Waals surface area contributed by atoms with Crippen LogP contribution in [0.2, 0.25) is 0 Å². The molecule has 2 unspecified atom stereocenters. The van der Waals surface area contributed by atoms with Crippen molar-refractivity contribution in [1.29, 1.82) is 0 Å². The number of carbonyl (C=O) groups excluding carboxylic acids is 2. The summed E-state index contributed by atoms with van der Waals surface area (Å²) in [5, 5.41) is 0. The van der Waals surface area contributed by atoms with Crippen LogP contribution in [0.4, 0.5) is 0 Å². The number of phosphoric ester groups is 1. The fraction of sp³-hybridized carbons (Fsp3) is 0.593. The minimum absolute atomic E-state index is 0.0406. The summed E-state index contributed by atoms with van der Waals surface area (Å²) in [5.41, 5.74) is 5.37. The molecular formula is C59H96NO8P. The fourth-order valence-electron chi connectivity index (χ4n) is 6.66. The molecule has 9 nitrogen and oxygen atoms in total. The molecule has 0 fully saturated rings. The van der Waals surface area contributed by atoms with E-state index in [1.54, 1.807) is 0 Å². The lowest BCUT2D eigenvalue weighted by Gasteiger charge is -2.19. The van der Waals surface area contributed by atoms with Gasteiger partial charge in [-0.3, -0.25) is 18.6 Å². The first-order chi connectivity index (χ1) is 33.8. The van der Waals surface area contributed by atoms with Crippen molar-refractivity contribution >= 4 is 19.8 Å². The van der Waals surface area contributed by atoms with E-state index in [1.807, 2.05) is 0 Å². The molecule has 390 valence electrons. The molecule has 0 bridgehead atoms. The molecule has 0 aromatic heterocycles. The van der Waals surface area contributed by atoms with E-state index in [4.69, 9.17) is 24.3 Å². The van der Waals surface area contributed by atoms with Gasteiger partial charge >= 0.3 is 19.8 Å². The lowest BCUT2D eigenvalue weighted by molar-refractivity contribution is -0.161. The van der Waals surface area contributed by atoms with Gasteiger partial charge in [0, 0.05) is 19.4 Å². The van der Waals surface area contributed by atoms with Crippen LogP contribution in [0.25, 0.3) is 0 Å². The van der Waals surface area contributed by atoms with Crippen molar-refractivity contribution in [2.75, 3.05) is 26.4 Å². The number of carbonyl (C=O) groups is 2. The molecule has 69 heavy (non-hydrogen) atoms. The van der Waals surface area contributed by atoms with E-state index >= 15 is 0 Å². The van der Waals surface area contributed by atoms with E-state index in [2.05, 4.69) is 148 Å². The Balaban J connectivity index is 4.14. The second kappa shape index (κ2) is 53.5. The molecule has 0 radical (unpaired) electrons. The lowest BCUT2D eigenvalue weighted by atomic mass is 10.1. The molecule has 0 aromatic rings. The average molecular weight is 978 g/mol. The van der Waals surface area contributed by atoms with Gasteiger partial charge in [0.15, 0.2) is 6.10 Å². The Labute approximate surface area is 421 Å². The smallest absolute Gasteiger partial charge is 0.462 e. The Morgan fingerprint density at radius 2 is 0.754 bits per heavy atom. The number of phosphoric acid groups is 1. The summed E-state index contributed by atoms with van der Waals surface area (Å²) in [6.45, 7) is 3.46. The van der Waals surface area contributed by atoms with Crippen LogP contribution in [0.5, 0.6) is 0 Å². The van der Waals surface area contributed by atoms with Crippen molar-refractivity contribution in [2.45, 2.75) is 200 Å². The molecule has 0 saturated heterocycles. The van der Waals surface area contributed by atoms with Crippen LogP contribution in [0.3, 0.4) is 0 Å². The van der Waals surface area contributed by atoms with Gasteiger partial charge in [-0.15, -0.1) is 0 Å². The molecule has 0 aliphatic heterocycles. The van der Waals surface area contributed by atoms with Crippen molar-refractivity contribution in [1.82, 2.24) is 0 Å². The number of allylic oxidation sites excluding steroid dienone is 22. The SMILES string of the molecule is CC/C=C\C/C=C\C/C=C\C/C=C\C/C=C\C/C=C\C/C=C\CCCCCCCC(=O)OC(COC(=O)CCCCCCCCCC/C=C\C/C=C\C/C=C\C/C=C\CC)COP(=O)(O)OCCN. The van der Waals surface area contributed by atoms with Crippen molar-refractivity contribution in [3.05, 3.63) is 134 Å². The largest absolute Gasteiger partial charge is 0.472 e. The zero-order valence-corrected chi connectivity index (χ0v) is 44.1. The highest BCUT2D eigenvalue weighted by Gasteiger charge is 2.26. The normalized spacial score (nSPS) is 14.2. The van der Waals surface area contributed by atoms with Gasteiger partial charge in [0.25, 0.3) is 0 Å². The van der Waals surface area contributed by atoms with Crippen molar-refractivity contribution in [3.8, 4) is 0 Å². The van der Waals surface area contributed by atoms with Crippen LogP contribution in [-0.4, -0.2) is 49.3 Å². The van der Waals surface area contributed by atoms with Gasteiger partial charge in [-0.05, 0) is 109 Å². The van der Waals surface area contributed by atoms with Crippen LogP contribution >= 0.6 is 7.82 Å². The van der Waals surface area contributed by atoms with Gasteiger partial charge in [0.1, 0.15) is 6.61 Å². The molecule has 0 aliphatic rings. The number of ether oxygens (including phenoxy) is 2. The predicted molar refractivity (Wildman–Crippen MR) is 293 cm³/mol. The van der Waals surface area contributed by atoms with Gasteiger partial charge < -0.3 is 20.1 Å². The third-order valence-corrected chi connectivity index (χ3v) is 11.5. The number of esters is 2. The summed E-state index contributed by atoms with van der Waals surface area (Å²) in [4.78, 5) is 35.1. The number of hydrogen-bond donors (Lipinski definition) is 2. The summed E-state index contributed by atoms with van der Waals surface area (Å²) in [6.07, 6.45) is 74.8. The zero-order chi connectivity index (χ0) is 50.2. The third kappa shape index (κ3) is 53.4. The number of nitrogens with two attached hydrogens (primary N) is 1. The van der Waals surface area contributed by atoms with Crippen LogP contribution in [0.15, 0.2) is 134 Å². The maximum atomic E-state index is 12.7. The van der Waals surface area contributed by atoms with Crippen molar-refractivity contribution in [2.24, 2.45) is 5.73 Å². The molecule has 0 heterocycles. The first-order valence-corrected chi connectivity index (χ1v) is 28.2. The highest BCUT2D eigenvalue weighted by molar-refractivity contribution is 7.47. The molecule has 10 heteroatoms. The maximum absolute atomic E-state index is 12.7. The van der Waals surface area contributed by atoms with Crippen LogP contribution in [0.1, 0.15) is 194 Å². The molecule has 0 aromatic carbocycles. The van der Waals surface area contributed by atoms with Crippen LogP contribution < -0.4 is 5.73 Å². The van der Waals surface area contributed by atoms with Crippen molar-refractivity contribution < 1.29 is 37.6 Å². The second-order valence-corrected chi connectivity index (χ2v) is 18.4. The van der Waals surface area contributed by atoms with Gasteiger partial charge in [-0.1, -0.05) is 205 Å². The highest BCUT2D eigenvalue weighted by Crippen LogP contribution is 2.43. The quantitative estimate of drug-likeness (QED) is 0.0264. The average Bonchev–Trinajstić information content (AvgIpc) is 3.34. The molecule has 0 spiro atoms. The molecule has 0 amide bonds. The van der Waals surface area contributed by atoms with E-state index < -0.39 is 32.5 Å². The Hall–Kier alpha value is -3.85. The summed E-state index contributed by atoms with van der Waals surface area (Å²) in [5.74, 6) is -0.871. The molecule has 0 aliphatic carbocycles. The summed E-state index contributed by atoms with van der Waals surface area (Å²) >= 11 is 0. The van der Waals surface area contributed by atoms with E-state index in [0.717, 1.165) is 128 Å². The Bertz CT molecular complexity index is 1580. The summed E-state index contributed by atoms with van der Waals surface area (Å²) < 4.78 is 32.9. The topological polar surface area (TPSA) is 134 Å². The molecule has 2 atom stereocenters. The van der Waals surface area contributed by atoms with Gasteiger partial charge in [-0.25, -0.2) is 4.57 Å². The van der Waals surface area contributed by atoms with E-state index in [-0.39, 0.29) is 32.6 Å². The number of hydrogen-bond acceptors (Lipinski definition) is 8. The monoisotopic (exact) mass is 978 g/mol. The molecule has 0 saturated carbocycles. The van der Waals surface area contributed by atoms with Gasteiger partial charge in [0.05, 0.1) is 13.2 Å². The summed E-state index contributed by atoms with van der Waals surface area (Å²) in [7, 11) is -4.40. The zero-order valence-electron chi connectivity index (χ0n) is 43.2. The van der Waals surface area contributed by atoms with E-state index in [9.17, 15) is 19.0 Å². The lowest BCUT2D eigenvalue weighted by Crippen LogP contribution is -2.29. The molecule has 3 N–H and O–H groups in total. The van der Waals surface area contributed by atoms with Gasteiger partial charge in [-0.2, -0.15) is 0 Å². The Kier molecular flexibility index (Phi) is 50.5. The summed E-state index contributed by atoms with van der Waals surface area (Å²) in [6, 6.07) is 0. The number of unbranched alkanes of at least 4 members (excludes halogenated alkanes) is 13. The number of rotatable bonds is 48. The van der Waals surface area contributed by atoms with E-state index in [1.165, 1.54) is 25.7 Å². The van der Waals surface area contributed by atoms with Crippen LogP contribution in [0, 0.1) is 0 Å². The first-order valence-electron chi connectivity index (χ1n) is 26.7. The molecule has 0 rings (SSSR count). The maximum Gasteiger partial charge on any atom is 0.472 e. The second-order valence-electron chi connectivity index (χ2n) is 17.0.